The number of carbonyl (C=O) groups excluding carboxylic acids is 1. The highest BCUT2D eigenvalue weighted by Gasteiger charge is 2.36. The minimum absolute atomic E-state index is 0.130. The first-order chi connectivity index (χ1) is 14.1. The fraction of sp³-hybridized carbons (Fsp3) is 0.217. The van der Waals surface area contributed by atoms with E-state index in [1.165, 1.54) is 10.9 Å². The van der Waals surface area contributed by atoms with Crippen molar-refractivity contribution < 1.29 is 4.79 Å². The number of hydrogen-bond donors (Lipinski definition) is 1. The van der Waals surface area contributed by atoms with Gasteiger partial charge in [0.15, 0.2) is 0 Å². The molecule has 1 aliphatic rings. The summed E-state index contributed by atoms with van der Waals surface area (Å²) in [5, 5.41) is 1.21. The van der Waals surface area contributed by atoms with Gasteiger partial charge in [-0.2, -0.15) is 0 Å². The summed E-state index contributed by atoms with van der Waals surface area (Å²) in [5.41, 5.74) is 6.29. The third-order valence-electron chi connectivity index (χ3n) is 5.49. The fourth-order valence-electron chi connectivity index (χ4n) is 4.13. The number of hydrogen-bond acceptors (Lipinski definition) is 4. The standard InChI is InChI=1S/C23H21N5O/c1-14-6-5-9-19(26-14)22-21-17(16-7-3-4-8-18(16)27-21)10-11-28(22)23(29)20-13-24-15(2)12-25-20/h3-9,12-13,22,27H,10-11H2,1-2H3/t22-/m1/s1. The summed E-state index contributed by atoms with van der Waals surface area (Å²) in [5.74, 6) is -0.130. The van der Waals surface area contributed by atoms with Crippen molar-refractivity contribution in [2.75, 3.05) is 6.54 Å². The van der Waals surface area contributed by atoms with Gasteiger partial charge in [0.2, 0.25) is 0 Å². The van der Waals surface area contributed by atoms with Crippen LogP contribution in [0.25, 0.3) is 10.9 Å². The van der Waals surface area contributed by atoms with Gasteiger partial charge in [-0.25, -0.2) is 4.98 Å². The summed E-state index contributed by atoms with van der Waals surface area (Å²) in [4.78, 5) is 32.1. The number of aromatic nitrogens is 4. The van der Waals surface area contributed by atoms with Crippen molar-refractivity contribution in [1.29, 1.82) is 0 Å². The van der Waals surface area contributed by atoms with Gasteiger partial charge < -0.3 is 9.88 Å². The first kappa shape index (κ1) is 17.6. The highest BCUT2D eigenvalue weighted by Crippen LogP contribution is 2.38. The molecule has 1 aromatic carbocycles. The third kappa shape index (κ3) is 2.97. The van der Waals surface area contributed by atoms with Crippen molar-refractivity contribution in [3.63, 3.8) is 0 Å². The quantitative estimate of drug-likeness (QED) is 0.572. The van der Waals surface area contributed by atoms with Gasteiger partial charge in [0.1, 0.15) is 11.7 Å². The van der Waals surface area contributed by atoms with Crippen LogP contribution in [-0.4, -0.2) is 37.3 Å². The van der Waals surface area contributed by atoms with Crippen LogP contribution in [0.2, 0.25) is 0 Å². The predicted octanol–water partition coefficient (Wildman–Crippen LogP) is 3.76. The Morgan fingerprint density at radius 2 is 1.90 bits per heavy atom. The molecule has 0 unspecified atom stereocenters. The van der Waals surface area contributed by atoms with Gasteiger partial charge in [0, 0.05) is 35.0 Å². The highest BCUT2D eigenvalue weighted by atomic mass is 16.2. The van der Waals surface area contributed by atoms with E-state index in [4.69, 9.17) is 4.98 Å². The van der Waals surface area contributed by atoms with Crippen LogP contribution in [0.15, 0.2) is 54.9 Å². The van der Waals surface area contributed by atoms with Crippen molar-refractivity contribution in [1.82, 2.24) is 24.8 Å². The van der Waals surface area contributed by atoms with Gasteiger partial charge in [-0.15, -0.1) is 0 Å². The van der Waals surface area contributed by atoms with E-state index >= 15 is 0 Å². The number of carbonyl (C=O) groups is 1. The van der Waals surface area contributed by atoms with Gasteiger partial charge in [-0.1, -0.05) is 24.3 Å². The molecule has 1 atom stereocenters. The molecule has 3 aromatic heterocycles. The predicted molar refractivity (Wildman–Crippen MR) is 111 cm³/mol. The van der Waals surface area contributed by atoms with Gasteiger partial charge in [-0.3, -0.25) is 14.8 Å². The second kappa shape index (κ2) is 6.81. The lowest BCUT2D eigenvalue weighted by atomic mass is 9.94. The molecular weight excluding hydrogens is 362 g/mol. The summed E-state index contributed by atoms with van der Waals surface area (Å²) in [6.07, 6.45) is 3.97. The number of para-hydroxylation sites is 1. The lowest BCUT2D eigenvalue weighted by molar-refractivity contribution is 0.0682. The van der Waals surface area contributed by atoms with E-state index in [2.05, 4.69) is 33.2 Å². The Hall–Kier alpha value is -3.54. The van der Waals surface area contributed by atoms with E-state index in [0.717, 1.165) is 34.7 Å². The largest absolute Gasteiger partial charge is 0.356 e. The van der Waals surface area contributed by atoms with Gasteiger partial charge in [-0.05, 0) is 44.0 Å². The number of nitrogens with zero attached hydrogens (tertiary/aromatic N) is 4. The SMILES string of the molecule is Cc1cnc(C(=O)N2CCc3c([nH]c4ccccc34)[C@H]2c2cccc(C)n2)cn1. The molecule has 0 spiro atoms. The molecule has 29 heavy (non-hydrogen) atoms. The van der Waals surface area contributed by atoms with Crippen LogP contribution in [0, 0.1) is 13.8 Å². The molecule has 5 rings (SSSR count). The third-order valence-corrected chi connectivity index (χ3v) is 5.49. The maximum atomic E-state index is 13.4. The molecule has 1 aliphatic heterocycles. The minimum Gasteiger partial charge on any atom is -0.356 e. The van der Waals surface area contributed by atoms with Crippen LogP contribution in [0.5, 0.6) is 0 Å². The molecule has 4 aromatic rings. The van der Waals surface area contributed by atoms with E-state index in [1.54, 1.807) is 12.4 Å². The molecule has 0 bridgehead atoms. The minimum atomic E-state index is -0.290. The van der Waals surface area contributed by atoms with Crippen molar-refractivity contribution in [2.45, 2.75) is 26.3 Å². The van der Waals surface area contributed by atoms with Gasteiger partial charge in [0.25, 0.3) is 5.91 Å². The van der Waals surface area contributed by atoms with Crippen LogP contribution >= 0.6 is 0 Å². The highest BCUT2D eigenvalue weighted by molar-refractivity contribution is 5.93. The zero-order chi connectivity index (χ0) is 20.0. The fourth-order valence-corrected chi connectivity index (χ4v) is 4.13. The average molecular weight is 383 g/mol. The molecule has 0 radical (unpaired) electrons. The van der Waals surface area contributed by atoms with E-state index in [-0.39, 0.29) is 11.9 Å². The molecule has 0 saturated carbocycles. The Bertz CT molecular complexity index is 1210. The Morgan fingerprint density at radius 1 is 1.03 bits per heavy atom. The average Bonchev–Trinajstić information content (AvgIpc) is 3.12. The van der Waals surface area contributed by atoms with Gasteiger partial charge in [0.05, 0.1) is 17.6 Å². The summed E-state index contributed by atoms with van der Waals surface area (Å²) < 4.78 is 0. The Balaban J connectivity index is 1.66. The second-order valence-electron chi connectivity index (χ2n) is 7.46. The van der Waals surface area contributed by atoms with Crippen LogP contribution in [0.3, 0.4) is 0 Å². The van der Waals surface area contributed by atoms with Crippen molar-refractivity contribution >= 4 is 16.8 Å². The number of rotatable bonds is 2. The molecule has 1 N–H and O–H groups in total. The number of aromatic amines is 1. The molecule has 144 valence electrons. The first-order valence-corrected chi connectivity index (χ1v) is 9.74. The molecule has 4 heterocycles. The summed E-state index contributed by atoms with van der Waals surface area (Å²) >= 11 is 0. The topological polar surface area (TPSA) is 74.8 Å². The molecule has 0 aliphatic carbocycles. The number of benzene rings is 1. The van der Waals surface area contributed by atoms with E-state index in [9.17, 15) is 4.79 Å². The van der Waals surface area contributed by atoms with Crippen LogP contribution in [0.4, 0.5) is 0 Å². The smallest absolute Gasteiger partial charge is 0.274 e. The van der Waals surface area contributed by atoms with Crippen LogP contribution < -0.4 is 0 Å². The summed E-state index contributed by atoms with van der Waals surface area (Å²) in [6.45, 7) is 4.43. The molecule has 0 fully saturated rings. The maximum absolute atomic E-state index is 13.4. The Kier molecular flexibility index (Phi) is 4.12. The molecule has 6 nitrogen and oxygen atoms in total. The molecule has 6 heteroatoms. The zero-order valence-electron chi connectivity index (χ0n) is 16.4. The maximum Gasteiger partial charge on any atom is 0.274 e. The Morgan fingerprint density at radius 3 is 2.69 bits per heavy atom. The van der Waals surface area contributed by atoms with Crippen molar-refractivity contribution in [3.8, 4) is 0 Å². The van der Waals surface area contributed by atoms with E-state index in [0.29, 0.717) is 12.2 Å². The monoisotopic (exact) mass is 383 g/mol. The van der Waals surface area contributed by atoms with Crippen molar-refractivity contribution in [3.05, 3.63) is 88.9 Å². The number of aryl methyl sites for hydroxylation is 2. The molecular formula is C23H21N5O. The van der Waals surface area contributed by atoms with E-state index in [1.807, 2.05) is 43.0 Å². The second-order valence-corrected chi connectivity index (χ2v) is 7.46. The first-order valence-electron chi connectivity index (χ1n) is 9.74. The van der Waals surface area contributed by atoms with Crippen molar-refractivity contribution in [2.24, 2.45) is 0 Å². The lowest BCUT2D eigenvalue weighted by Gasteiger charge is -2.35. The normalized spacial score (nSPS) is 16.1. The summed E-state index contributed by atoms with van der Waals surface area (Å²) in [7, 11) is 0. The van der Waals surface area contributed by atoms with Gasteiger partial charge >= 0.3 is 0 Å². The number of H-pyrrole nitrogens is 1. The number of nitrogens with one attached hydrogen (secondary N) is 1. The van der Waals surface area contributed by atoms with E-state index < -0.39 is 0 Å². The zero-order valence-corrected chi connectivity index (χ0v) is 16.4. The number of amides is 1. The van der Waals surface area contributed by atoms with Crippen LogP contribution in [0.1, 0.15) is 44.9 Å². The number of fused-ring (bicyclic) bond motifs is 3. The van der Waals surface area contributed by atoms with Crippen LogP contribution in [-0.2, 0) is 6.42 Å². The Labute approximate surface area is 168 Å². The number of pyridine rings is 1. The summed E-state index contributed by atoms with van der Waals surface area (Å²) in [6, 6.07) is 13.9. The molecule has 1 amide bonds. The lowest BCUT2D eigenvalue weighted by Crippen LogP contribution is -2.41. The molecule has 0 saturated heterocycles.